The number of halogens is 3. The number of phenols is 2. The summed E-state index contributed by atoms with van der Waals surface area (Å²) in [5.74, 6) is -8.46. The first kappa shape index (κ1) is 18.3. The first-order valence-corrected chi connectivity index (χ1v) is 8.94. The zero-order chi connectivity index (χ0) is 20.2. The lowest BCUT2D eigenvalue weighted by Gasteiger charge is -2.26. The van der Waals surface area contributed by atoms with Gasteiger partial charge >= 0.3 is 0 Å². The lowest BCUT2D eigenvalue weighted by Crippen LogP contribution is -2.28. The van der Waals surface area contributed by atoms with Crippen LogP contribution in [-0.2, 0) is 0 Å². The normalized spacial score (nSPS) is 16.7. The van der Waals surface area contributed by atoms with Gasteiger partial charge in [0.25, 0.3) is 0 Å². The molecule has 0 atom stereocenters. The van der Waals surface area contributed by atoms with Crippen LogP contribution in [0.3, 0.4) is 0 Å². The van der Waals surface area contributed by atoms with E-state index in [4.69, 9.17) is 0 Å². The molecule has 1 saturated carbocycles. The second kappa shape index (κ2) is 6.54. The minimum atomic E-state index is -1.67. The fourth-order valence-corrected chi connectivity index (χ4v) is 3.95. The average Bonchev–Trinajstić information content (AvgIpc) is 2.68. The second-order valence-corrected chi connectivity index (χ2v) is 7.06. The largest absolute Gasteiger partial charge is 0.507 e. The quantitative estimate of drug-likeness (QED) is 0.454. The number of hydrogen-bond acceptors (Lipinski definition) is 5. The minimum Gasteiger partial charge on any atom is -0.507 e. The number of phenolic OH excluding ortho intramolecular Hbond substituents is 2. The van der Waals surface area contributed by atoms with E-state index in [9.17, 15) is 28.6 Å². The molecular formula is C20H16F3NO4. The molecule has 0 amide bonds. The van der Waals surface area contributed by atoms with Crippen LogP contribution < -0.4 is 5.32 Å². The molecule has 2 aliphatic carbocycles. The van der Waals surface area contributed by atoms with Crippen LogP contribution in [-0.4, -0.2) is 27.8 Å². The molecule has 0 radical (unpaired) electrons. The van der Waals surface area contributed by atoms with Gasteiger partial charge in [0.2, 0.25) is 11.6 Å². The molecule has 0 heterocycles. The van der Waals surface area contributed by atoms with Crippen molar-refractivity contribution in [1.29, 1.82) is 0 Å². The molecule has 0 aliphatic heterocycles. The van der Waals surface area contributed by atoms with Crippen LogP contribution in [0.15, 0.2) is 12.1 Å². The third kappa shape index (κ3) is 2.55. The van der Waals surface area contributed by atoms with Gasteiger partial charge in [0.05, 0.1) is 22.3 Å². The summed E-state index contributed by atoms with van der Waals surface area (Å²) in [6, 6.07) is 1.62. The number of anilines is 1. The molecule has 5 nitrogen and oxygen atoms in total. The number of ketones is 2. The van der Waals surface area contributed by atoms with Gasteiger partial charge in [0.1, 0.15) is 17.2 Å². The van der Waals surface area contributed by atoms with Gasteiger partial charge < -0.3 is 15.5 Å². The maximum Gasteiger partial charge on any atom is 0.201 e. The monoisotopic (exact) mass is 391 g/mol. The standard InChI is InChI=1S/C20H16F3NO4/c21-15-13-14(16(22)18(17(15)23)24-8-4-2-1-3-5-8)20(28)12-10(26)7-6-9(25)11(12)19(13)27/h6-8,24-26H,1-5H2. The topological polar surface area (TPSA) is 86.6 Å². The predicted octanol–water partition coefficient (Wildman–Crippen LogP) is 4.04. The third-order valence-electron chi connectivity index (χ3n) is 5.34. The van der Waals surface area contributed by atoms with E-state index < -0.39 is 68.5 Å². The smallest absolute Gasteiger partial charge is 0.201 e. The number of rotatable bonds is 2. The summed E-state index contributed by atoms with van der Waals surface area (Å²) >= 11 is 0. The van der Waals surface area contributed by atoms with Crippen molar-refractivity contribution < 1.29 is 33.0 Å². The van der Waals surface area contributed by atoms with Gasteiger partial charge in [-0.05, 0) is 25.0 Å². The number of hydrogen-bond donors (Lipinski definition) is 3. The third-order valence-corrected chi connectivity index (χ3v) is 5.34. The van der Waals surface area contributed by atoms with Crippen LogP contribution in [0.25, 0.3) is 0 Å². The molecular weight excluding hydrogens is 375 g/mol. The molecule has 28 heavy (non-hydrogen) atoms. The van der Waals surface area contributed by atoms with Gasteiger partial charge in [0, 0.05) is 6.04 Å². The highest BCUT2D eigenvalue weighted by atomic mass is 19.2. The summed E-state index contributed by atoms with van der Waals surface area (Å²) in [6.07, 6.45) is 3.98. The molecule has 146 valence electrons. The Bertz CT molecular complexity index is 1030. The molecule has 8 heteroatoms. The molecule has 0 saturated heterocycles. The summed E-state index contributed by atoms with van der Waals surface area (Å²) in [4.78, 5) is 25.4. The van der Waals surface area contributed by atoms with Gasteiger partial charge in [-0.3, -0.25) is 9.59 Å². The maximum atomic E-state index is 15.1. The van der Waals surface area contributed by atoms with E-state index in [-0.39, 0.29) is 6.04 Å². The summed E-state index contributed by atoms with van der Waals surface area (Å²) in [7, 11) is 0. The Morgan fingerprint density at radius 1 is 0.750 bits per heavy atom. The van der Waals surface area contributed by atoms with Crippen molar-refractivity contribution in [1.82, 2.24) is 0 Å². The number of carbonyl (C=O) groups excluding carboxylic acids is 2. The Morgan fingerprint density at radius 2 is 1.25 bits per heavy atom. The van der Waals surface area contributed by atoms with Gasteiger partial charge in [0.15, 0.2) is 17.5 Å². The predicted molar refractivity (Wildman–Crippen MR) is 93.4 cm³/mol. The fraction of sp³-hybridized carbons (Fsp3) is 0.300. The zero-order valence-electron chi connectivity index (χ0n) is 14.6. The van der Waals surface area contributed by atoms with Crippen molar-refractivity contribution in [3.63, 3.8) is 0 Å². The highest BCUT2D eigenvalue weighted by molar-refractivity contribution is 6.30. The van der Waals surface area contributed by atoms with E-state index in [1.807, 2.05) is 0 Å². The zero-order valence-corrected chi connectivity index (χ0v) is 14.6. The van der Waals surface area contributed by atoms with Gasteiger partial charge in [-0.15, -0.1) is 0 Å². The number of benzene rings is 2. The fourth-order valence-electron chi connectivity index (χ4n) is 3.95. The Balaban J connectivity index is 1.92. The number of fused-ring (bicyclic) bond motifs is 2. The summed E-state index contributed by atoms with van der Waals surface area (Å²) in [5, 5.41) is 22.5. The molecule has 2 aromatic carbocycles. The second-order valence-electron chi connectivity index (χ2n) is 7.06. The SMILES string of the molecule is O=C1c2c(O)ccc(O)c2C(=O)c2c(F)c(NC3CCCCC3)c(F)c(F)c21. The van der Waals surface area contributed by atoms with Gasteiger partial charge in [-0.1, -0.05) is 19.3 Å². The molecule has 2 aliphatic rings. The van der Waals surface area contributed by atoms with Crippen molar-refractivity contribution in [2.45, 2.75) is 38.1 Å². The molecule has 0 aromatic heterocycles. The number of carbonyl (C=O) groups is 2. The molecule has 0 spiro atoms. The van der Waals surface area contributed by atoms with Crippen LogP contribution in [0, 0.1) is 17.5 Å². The van der Waals surface area contributed by atoms with E-state index in [1.165, 1.54) is 0 Å². The minimum absolute atomic E-state index is 0.283. The first-order valence-electron chi connectivity index (χ1n) is 8.94. The van der Waals surface area contributed by atoms with Crippen molar-refractivity contribution >= 4 is 17.3 Å². The summed E-state index contributed by atoms with van der Waals surface area (Å²) < 4.78 is 44.5. The maximum absolute atomic E-state index is 15.1. The van der Waals surface area contributed by atoms with E-state index >= 15 is 4.39 Å². The first-order chi connectivity index (χ1) is 13.3. The van der Waals surface area contributed by atoms with Crippen LogP contribution in [0.2, 0.25) is 0 Å². The molecule has 0 unspecified atom stereocenters. The van der Waals surface area contributed by atoms with E-state index in [0.29, 0.717) is 12.8 Å². The summed E-state index contributed by atoms with van der Waals surface area (Å²) in [5.41, 5.74) is -4.14. The van der Waals surface area contributed by atoms with Crippen molar-refractivity contribution in [3.8, 4) is 11.5 Å². The van der Waals surface area contributed by atoms with Gasteiger partial charge in [-0.25, -0.2) is 13.2 Å². The molecule has 1 fully saturated rings. The summed E-state index contributed by atoms with van der Waals surface area (Å²) in [6.45, 7) is 0. The lowest BCUT2D eigenvalue weighted by molar-refractivity contribution is 0.0966. The van der Waals surface area contributed by atoms with Crippen molar-refractivity contribution in [2.24, 2.45) is 0 Å². The Hall–Kier alpha value is -3.03. The lowest BCUT2D eigenvalue weighted by atomic mass is 9.82. The number of nitrogens with one attached hydrogen (secondary N) is 1. The van der Waals surface area contributed by atoms with Crippen molar-refractivity contribution in [3.05, 3.63) is 51.8 Å². The highest BCUT2D eigenvalue weighted by Crippen LogP contribution is 2.42. The Morgan fingerprint density at radius 3 is 1.79 bits per heavy atom. The number of aromatic hydroxyl groups is 2. The Kier molecular flexibility index (Phi) is 4.28. The van der Waals surface area contributed by atoms with Gasteiger partial charge in [-0.2, -0.15) is 0 Å². The van der Waals surface area contributed by atoms with Crippen LogP contribution in [0.5, 0.6) is 11.5 Å². The molecule has 3 N–H and O–H groups in total. The van der Waals surface area contributed by atoms with E-state index in [0.717, 1.165) is 31.4 Å². The molecule has 4 rings (SSSR count). The van der Waals surface area contributed by atoms with Crippen molar-refractivity contribution in [2.75, 3.05) is 5.32 Å². The molecule has 0 bridgehead atoms. The molecule has 2 aromatic rings. The average molecular weight is 391 g/mol. The Labute approximate surface area is 157 Å². The van der Waals surface area contributed by atoms with Crippen LogP contribution in [0.4, 0.5) is 18.9 Å². The van der Waals surface area contributed by atoms with E-state index in [2.05, 4.69) is 5.32 Å². The highest BCUT2D eigenvalue weighted by Gasteiger charge is 2.41. The van der Waals surface area contributed by atoms with Crippen LogP contribution >= 0.6 is 0 Å². The van der Waals surface area contributed by atoms with E-state index in [1.54, 1.807) is 0 Å². The van der Waals surface area contributed by atoms with Crippen LogP contribution in [0.1, 0.15) is 63.9 Å².